The summed E-state index contributed by atoms with van der Waals surface area (Å²) in [6.45, 7) is 11.2. The Morgan fingerprint density at radius 1 is 1.50 bits per heavy atom. The first kappa shape index (κ1) is 13.0. The lowest BCUT2D eigenvalue weighted by Gasteiger charge is -2.13. The zero-order chi connectivity index (χ0) is 12.1. The Kier molecular flexibility index (Phi) is 4.74. The van der Waals surface area contributed by atoms with Crippen LogP contribution in [0.25, 0.3) is 0 Å². The van der Waals surface area contributed by atoms with Crippen molar-refractivity contribution in [3.05, 3.63) is 29.6 Å². The van der Waals surface area contributed by atoms with Crippen molar-refractivity contribution in [1.29, 1.82) is 0 Å². The second-order valence-electron chi connectivity index (χ2n) is 4.21. The van der Waals surface area contributed by atoms with Gasteiger partial charge in [-0.15, -0.1) is 6.58 Å². The summed E-state index contributed by atoms with van der Waals surface area (Å²) < 4.78 is 1.96. The maximum Gasteiger partial charge on any atom is 0.0628 e. The fourth-order valence-corrected chi connectivity index (χ4v) is 2.04. The number of rotatable bonds is 6. The van der Waals surface area contributed by atoms with Crippen LogP contribution in [0.2, 0.25) is 0 Å². The Hall–Kier alpha value is -1.09. The van der Waals surface area contributed by atoms with Gasteiger partial charge in [0, 0.05) is 18.8 Å². The van der Waals surface area contributed by atoms with Crippen LogP contribution in [0.15, 0.2) is 12.7 Å². The van der Waals surface area contributed by atoms with E-state index in [1.54, 1.807) is 0 Å². The molecule has 90 valence electrons. The number of nitrogens with one attached hydrogen (secondary N) is 1. The Labute approximate surface area is 98.5 Å². The van der Waals surface area contributed by atoms with Crippen molar-refractivity contribution in [3.63, 3.8) is 0 Å². The zero-order valence-corrected chi connectivity index (χ0v) is 10.9. The molecule has 0 amide bonds. The summed E-state index contributed by atoms with van der Waals surface area (Å²) in [6.07, 6.45) is 4.14. The summed E-state index contributed by atoms with van der Waals surface area (Å²) in [6, 6.07) is 0.406. The summed E-state index contributed by atoms with van der Waals surface area (Å²) >= 11 is 0. The van der Waals surface area contributed by atoms with Gasteiger partial charge in [-0.25, -0.2) is 0 Å². The maximum atomic E-state index is 4.43. The van der Waals surface area contributed by atoms with Gasteiger partial charge < -0.3 is 5.32 Å². The minimum atomic E-state index is 0.406. The Morgan fingerprint density at radius 3 is 2.62 bits per heavy atom. The predicted molar refractivity (Wildman–Crippen MR) is 68.7 cm³/mol. The first-order chi connectivity index (χ1) is 7.60. The Bertz CT molecular complexity index is 352. The van der Waals surface area contributed by atoms with Crippen LogP contribution in [-0.4, -0.2) is 22.4 Å². The van der Waals surface area contributed by atoms with E-state index < -0.39 is 0 Å². The van der Waals surface area contributed by atoms with Gasteiger partial charge >= 0.3 is 0 Å². The van der Waals surface area contributed by atoms with Gasteiger partial charge in [0.15, 0.2) is 0 Å². The van der Waals surface area contributed by atoms with Crippen LogP contribution in [0, 0.1) is 13.8 Å². The highest BCUT2D eigenvalue weighted by Gasteiger charge is 2.10. The first-order valence-corrected chi connectivity index (χ1v) is 5.95. The molecule has 1 rings (SSSR count). The van der Waals surface area contributed by atoms with Crippen LogP contribution in [0.1, 0.15) is 30.3 Å². The molecule has 1 aromatic rings. The average molecular weight is 221 g/mol. The highest BCUT2D eigenvalue weighted by molar-refractivity contribution is 5.24. The maximum absolute atomic E-state index is 4.43. The topological polar surface area (TPSA) is 29.9 Å². The van der Waals surface area contributed by atoms with E-state index in [2.05, 4.69) is 37.8 Å². The van der Waals surface area contributed by atoms with Crippen LogP contribution in [0.4, 0.5) is 0 Å². The predicted octanol–water partition coefficient (Wildman–Crippen LogP) is 2.13. The van der Waals surface area contributed by atoms with E-state index in [0.717, 1.165) is 25.1 Å². The molecule has 1 unspecified atom stereocenters. The van der Waals surface area contributed by atoms with Crippen LogP contribution in [0.5, 0.6) is 0 Å². The number of likely N-dealkylation sites (N-methyl/N-ethyl adjacent to an activating group) is 1. The molecule has 0 spiro atoms. The van der Waals surface area contributed by atoms with Crippen LogP contribution >= 0.6 is 0 Å². The van der Waals surface area contributed by atoms with Crippen molar-refractivity contribution in [3.8, 4) is 0 Å². The third-order valence-corrected chi connectivity index (χ3v) is 3.12. The summed E-state index contributed by atoms with van der Waals surface area (Å²) in [5.74, 6) is 0. The molecule has 0 aliphatic carbocycles. The number of nitrogens with zero attached hydrogens (tertiary/aromatic N) is 2. The summed E-state index contributed by atoms with van der Waals surface area (Å²) in [7, 11) is 2.00. The molecule has 0 bridgehead atoms. The second-order valence-corrected chi connectivity index (χ2v) is 4.21. The third-order valence-electron chi connectivity index (χ3n) is 3.12. The van der Waals surface area contributed by atoms with Crippen molar-refractivity contribution in [1.82, 2.24) is 15.1 Å². The van der Waals surface area contributed by atoms with Crippen molar-refractivity contribution >= 4 is 0 Å². The number of hydrogen-bond acceptors (Lipinski definition) is 2. The van der Waals surface area contributed by atoms with Crippen molar-refractivity contribution in [2.45, 2.75) is 39.7 Å². The van der Waals surface area contributed by atoms with E-state index in [9.17, 15) is 0 Å². The Morgan fingerprint density at radius 2 is 2.19 bits per heavy atom. The summed E-state index contributed by atoms with van der Waals surface area (Å²) in [5, 5.41) is 7.83. The van der Waals surface area contributed by atoms with E-state index in [1.165, 1.54) is 11.3 Å². The van der Waals surface area contributed by atoms with E-state index in [0.29, 0.717) is 6.04 Å². The standard InChI is InChI=1S/C13H23N3/c1-6-12(14-7-2)8-9-13-10(3)15-16(5)11(13)4/h6,12,14H,1,7-9H2,2-5H3. The van der Waals surface area contributed by atoms with Gasteiger partial charge in [0.2, 0.25) is 0 Å². The van der Waals surface area contributed by atoms with E-state index in [-0.39, 0.29) is 0 Å². The number of aromatic nitrogens is 2. The van der Waals surface area contributed by atoms with E-state index >= 15 is 0 Å². The van der Waals surface area contributed by atoms with Gasteiger partial charge in [-0.3, -0.25) is 4.68 Å². The minimum absolute atomic E-state index is 0.406. The molecule has 0 aliphatic rings. The molecule has 0 aliphatic heterocycles. The molecule has 3 nitrogen and oxygen atoms in total. The van der Waals surface area contributed by atoms with Crippen molar-refractivity contribution < 1.29 is 0 Å². The van der Waals surface area contributed by atoms with Gasteiger partial charge in [0.25, 0.3) is 0 Å². The number of hydrogen-bond donors (Lipinski definition) is 1. The first-order valence-electron chi connectivity index (χ1n) is 5.95. The SMILES string of the molecule is C=CC(CCc1c(C)nn(C)c1C)NCC. The van der Waals surface area contributed by atoms with Crippen molar-refractivity contribution in [2.24, 2.45) is 7.05 Å². The highest BCUT2D eigenvalue weighted by atomic mass is 15.3. The lowest BCUT2D eigenvalue weighted by Crippen LogP contribution is -2.27. The van der Waals surface area contributed by atoms with Gasteiger partial charge in [-0.1, -0.05) is 13.0 Å². The van der Waals surface area contributed by atoms with E-state index in [4.69, 9.17) is 0 Å². The van der Waals surface area contributed by atoms with Crippen LogP contribution < -0.4 is 5.32 Å². The molecule has 0 saturated heterocycles. The summed E-state index contributed by atoms with van der Waals surface area (Å²) in [5.41, 5.74) is 3.81. The van der Waals surface area contributed by atoms with Gasteiger partial charge in [-0.05, 0) is 38.8 Å². The Balaban J connectivity index is 2.63. The van der Waals surface area contributed by atoms with Crippen LogP contribution in [-0.2, 0) is 13.5 Å². The molecule has 1 N–H and O–H groups in total. The monoisotopic (exact) mass is 221 g/mol. The highest BCUT2D eigenvalue weighted by Crippen LogP contribution is 2.15. The molecule has 1 heterocycles. The molecule has 3 heteroatoms. The van der Waals surface area contributed by atoms with Crippen LogP contribution in [0.3, 0.4) is 0 Å². The van der Waals surface area contributed by atoms with Gasteiger partial charge in [0.05, 0.1) is 5.69 Å². The molecule has 0 fully saturated rings. The fraction of sp³-hybridized carbons (Fsp3) is 0.615. The lowest BCUT2D eigenvalue weighted by molar-refractivity contribution is 0.573. The quantitative estimate of drug-likeness (QED) is 0.746. The fourth-order valence-electron chi connectivity index (χ4n) is 2.04. The largest absolute Gasteiger partial charge is 0.311 e. The smallest absolute Gasteiger partial charge is 0.0628 e. The van der Waals surface area contributed by atoms with Crippen molar-refractivity contribution in [2.75, 3.05) is 6.54 Å². The number of aryl methyl sites for hydroxylation is 2. The second kappa shape index (κ2) is 5.85. The lowest BCUT2D eigenvalue weighted by atomic mass is 10.0. The third kappa shape index (κ3) is 2.95. The molecular weight excluding hydrogens is 198 g/mol. The van der Waals surface area contributed by atoms with Gasteiger partial charge in [-0.2, -0.15) is 5.10 Å². The molecular formula is C13H23N3. The van der Waals surface area contributed by atoms with E-state index in [1.807, 2.05) is 17.8 Å². The molecule has 1 aromatic heterocycles. The molecule has 0 saturated carbocycles. The normalized spacial score (nSPS) is 12.8. The molecule has 16 heavy (non-hydrogen) atoms. The molecule has 1 atom stereocenters. The molecule has 0 aromatic carbocycles. The molecule has 0 radical (unpaired) electrons. The average Bonchev–Trinajstić information content (AvgIpc) is 2.49. The minimum Gasteiger partial charge on any atom is -0.311 e. The van der Waals surface area contributed by atoms with Gasteiger partial charge in [0.1, 0.15) is 0 Å². The summed E-state index contributed by atoms with van der Waals surface area (Å²) in [4.78, 5) is 0. The zero-order valence-electron chi connectivity index (χ0n) is 10.9.